The van der Waals surface area contributed by atoms with Crippen molar-refractivity contribution in [1.29, 1.82) is 0 Å². The van der Waals surface area contributed by atoms with E-state index in [9.17, 15) is 4.79 Å². The van der Waals surface area contributed by atoms with Crippen molar-refractivity contribution >= 4 is 17.1 Å². The molecular formula is C7H7NOS. The van der Waals surface area contributed by atoms with Crippen LogP contribution in [-0.4, -0.2) is 5.78 Å². The van der Waals surface area contributed by atoms with Gasteiger partial charge < -0.3 is 5.73 Å². The number of nitrogens with two attached hydrogens (primary N) is 1. The molecule has 1 aromatic rings. The average molecular weight is 153 g/mol. The van der Waals surface area contributed by atoms with E-state index in [4.69, 9.17) is 5.73 Å². The van der Waals surface area contributed by atoms with Gasteiger partial charge in [0.05, 0.1) is 0 Å². The molecule has 0 aliphatic heterocycles. The lowest BCUT2D eigenvalue weighted by atomic mass is 10.2. The number of thiophene rings is 1. The maximum atomic E-state index is 11.1. The van der Waals surface area contributed by atoms with Crippen LogP contribution < -0.4 is 5.73 Å². The molecule has 0 spiro atoms. The summed E-state index contributed by atoms with van der Waals surface area (Å²) in [6.07, 6.45) is 0.502. The summed E-state index contributed by atoms with van der Waals surface area (Å²) < 4.78 is 0. The van der Waals surface area contributed by atoms with Crippen LogP contribution in [0, 0.1) is 0 Å². The van der Waals surface area contributed by atoms with Gasteiger partial charge >= 0.3 is 0 Å². The Morgan fingerprint density at radius 1 is 1.70 bits per heavy atom. The Bertz CT molecular complexity index is 279. The van der Waals surface area contributed by atoms with Crippen LogP contribution >= 0.6 is 11.3 Å². The van der Waals surface area contributed by atoms with E-state index in [2.05, 4.69) is 0 Å². The summed E-state index contributed by atoms with van der Waals surface area (Å²) in [6.45, 7) is 0. The SMILES string of the molecule is NC1CC(=O)c2ccsc21. The van der Waals surface area contributed by atoms with E-state index >= 15 is 0 Å². The van der Waals surface area contributed by atoms with Gasteiger partial charge in [0.25, 0.3) is 0 Å². The Hall–Kier alpha value is -0.670. The second-order valence-corrected chi connectivity index (χ2v) is 3.38. The van der Waals surface area contributed by atoms with Gasteiger partial charge in [-0.25, -0.2) is 0 Å². The summed E-state index contributed by atoms with van der Waals surface area (Å²) in [5.41, 5.74) is 6.52. The van der Waals surface area contributed by atoms with Crippen LogP contribution in [-0.2, 0) is 0 Å². The van der Waals surface area contributed by atoms with Crippen LogP contribution in [0.5, 0.6) is 0 Å². The Kier molecular flexibility index (Phi) is 1.16. The second-order valence-electron chi connectivity index (χ2n) is 2.43. The molecule has 0 amide bonds. The van der Waals surface area contributed by atoms with E-state index in [0.717, 1.165) is 10.4 Å². The first-order chi connectivity index (χ1) is 4.79. The van der Waals surface area contributed by atoms with Crippen molar-refractivity contribution in [3.8, 4) is 0 Å². The number of Topliss-reactive ketones (excluding diaryl/α,β-unsaturated/α-hetero) is 1. The van der Waals surface area contributed by atoms with E-state index in [1.54, 1.807) is 11.3 Å². The molecule has 52 valence electrons. The van der Waals surface area contributed by atoms with Crippen molar-refractivity contribution < 1.29 is 4.79 Å². The molecule has 2 nitrogen and oxygen atoms in total. The average Bonchev–Trinajstić information content (AvgIpc) is 2.39. The van der Waals surface area contributed by atoms with Gasteiger partial charge in [-0.3, -0.25) is 4.79 Å². The monoisotopic (exact) mass is 153 g/mol. The molecule has 1 unspecified atom stereocenters. The van der Waals surface area contributed by atoms with Gasteiger partial charge in [-0.1, -0.05) is 0 Å². The first-order valence-corrected chi connectivity index (χ1v) is 4.03. The standard InChI is InChI=1S/C7H7NOS/c8-5-3-6(9)4-1-2-10-7(4)5/h1-2,5H,3,8H2. The third-order valence-electron chi connectivity index (χ3n) is 1.74. The zero-order valence-electron chi connectivity index (χ0n) is 5.33. The number of hydrogen-bond acceptors (Lipinski definition) is 3. The van der Waals surface area contributed by atoms with Crippen LogP contribution in [0.2, 0.25) is 0 Å². The lowest BCUT2D eigenvalue weighted by Gasteiger charge is -1.95. The topological polar surface area (TPSA) is 43.1 Å². The molecule has 0 saturated heterocycles. The molecule has 3 heteroatoms. The van der Waals surface area contributed by atoms with Crippen LogP contribution in [0.25, 0.3) is 0 Å². The smallest absolute Gasteiger partial charge is 0.165 e. The van der Waals surface area contributed by atoms with Crippen LogP contribution in [0.15, 0.2) is 11.4 Å². The van der Waals surface area contributed by atoms with Crippen molar-refractivity contribution in [3.05, 3.63) is 21.9 Å². The van der Waals surface area contributed by atoms with Crippen molar-refractivity contribution in [2.24, 2.45) is 5.73 Å². The quantitative estimate of drug-likeness (QED) is 0.611. The minimum Gasteiger partial charge on any atom is -0.323 e. The van der Waals surface area contributed by atoms with Gasteiger partial charge in [0.1, 0.15) is 0 Å². The molecule has 0 saturated carbocycles. The van der Waals surface area contributed by atoms with Crippen molar-refractivity contribution in [3.63, 3.8) is 0 Å². The molecule has 0 fully saturated rings. The summed E-state index contributed by atoms with van der Waals surface area (Å²) in [5.74, 6) is 0.198. The van der Waals surface area contributed by atoms with Crippen LogP contribution in [0.3, 0.4) is 0 Å². The van der Waals surface area contributed by atoms with Crippen LogP contribution in [0.4, 0.5) is 0 Å². The predicted octanol–water partition coefficient (Wildman–Crippen LogP) is 1.33. The van der Waals surface area contributed by atoms with Gasteiger partial charge in [0.2, 0.25) is 0 Å². The molecule has 0 radical (unpaired) electrons. The Labute approximate surface area is 62.7 Å². The lowest BCUT2D eigenvalue weighted by molar-refractivity contribution is 0.0989. The number of carbonyl (C=O) groups is 1. The lowest BCUT2D eigenvalue weighted by Crippen LogP contribution is -2.04. The molecule has 2 N–H and O–H groups in total. The minimum atomic E-state index is -0.0255. The molecule has 1 aromatic heterocycles. The van der Waals surface area contributed by atoms with E-state index < -0.39 is 0 Å². The van der Waals surface area contributed by atoms with Gasteiger partial charge in [-0.05, 0) is 11.4 Å². The Morgan fingerprint density at radius 2 is 2.50 bits per heavy atom. The van der Waals surface area contributed by atoms with E-state index in [1.165, 1.54) is 0 Å². The third-order valence-corrected chi connectivity index (χ3v) is 2.79. The highest BCUT2D eigenvalue weighted by molar-refractivity contribution is 7.10. The molecule has 1 aliphatic carbocycles. The number of fused-ring (bicyclic) bond motifs is 1. The highest BCUT2D eigenvalue weighted by Gasteiger charge is 2.27. The molecule has 0 bridgehead atoms. The number of hydrogen-bond donors (Lipinski definition) is 1. The van der Waals surface area contributed by atoms with Crippen molar-refractivity contribution in [2.75, 3.05) is 0 Å². The maximum Gasteiger partial charge on any atom is 0.165 e. The van der Waals surface area contributed by atoms with Gasteiger partial charge in [-0.2, -0.15) is 0 Å². The summed E-state index contributed by atoms with van der Waals surface area (Å²) in [6, 6.07) is 1.83. The summed E-state index contributed by atoms with van der Waals surface area (Å²) in [4.78, 5) is 12.1. The summed E-state index contributed by atoms with van der Waals surface area (Å²) in [5, 5.41) is 1.92. The molecular weight excluding hydrogens is 146 g/mol. The first-order valence-electron chi connectivity index (χ1n) is 3.15. The molecule has 1 aliphatic rings. The zero-order valence-corrected chi connectivity index (χ0v) is 6.15. The minimum absolute atomic E-state index is 0.0255. The molecule has 0 aromatic carbocycles. The molecule has 1 heterocycles. The largest absolute Gasteiger partial charge is 0.323 e. The second kappa shape index (κ2) is 1.90. The molecule has 1 atom stereocenters. The number of carbonyl (C=O) groups excluding carboxylic acids is 1. The first kappa shape index (κ1) is 6.07. The van der Waals surface area contributed by atoms with Crippen LogP contribution in [0.1, 0.15) is 27.7 Å². The normalized spacial score (nSPS) is 23.3. The fourth-order valence-corrected chi connectivity index (χ4v) is 2.16. The highest BCUT2D eigenvalue weighted by Crippen LogP contribution is 2.33. The fourth-order valence-electron chi connectivity index (χ4n) is 1.24. The number of rotatable bonds is 0. The summed E-state index contributed by atoms with van der Waals surface area (Å²) >= 11 is 1.58. The van der Waals surface area contributed by atoms with E-state index in [1.807, 2.05) is 11.4 Å². The Morgan fingerprint density at radius 3 is 3.20 bits per heavy atom. The van der Waals surface area contributed by atoms with Crippen molar-refractivity contribution in [1.82, 2.24) is 0 Å². The van der Waals surface area contributed by atoms with Gasteiger partial charge in [-0.15, -0.1) is 11.3 Å². The third kappa shape index (κ3) is 0.646. The van der Waals surface area contributed by atoms with Gasteiger partial charge in [0.15, 0.2) is 5.78 Å². The fraction of sp³-hybridized carbons (Fsp3) is 0.286. The van der Waals surface area contributed by atoms with Crippen molar-refractivity contribution in [2.45, 2.75) is 12.5 Å². The molecule has 10 heavy (non-hydrogen) atoms. The molecule has 2 rings (SSSR count). The zero-order chi connectivity index (χ0) is 7.14. The van der Waals surface area contributed by atoms with E-state index in [-0.39, 0.29) is 11.8 Å². The van der Waals surface area contributed by atoms with Gasteiger partial charge in [0, 0.05) is 22.9 Å². The van der Waals surface area contributed by atoms with E-state index in [0.29, 0.717) is 6.42 Å². The maximum absolute atomic E-state index is 11.1. The summed E-state index contributed by atoms with van der Waals surface area (Å²) in [7, 11) is 0. The highest BCUT2D eigenvalue weighted by atomic mass is 32.1. The Balaban J connectivity index is 2.58. The number of ketones is 1. The predicted molar refractivity (Wildman–Crippen MR) is 40.2 cm³/mol.